The van der Waals surface area contributed by atoms with Crippen LogP contribution in [0.1, 0.15) is 28.9 Å². The number of nitriles is 1. The highest BCUT2D eigenvalue weighted by atomic mass is 16.2. The number of nitrogens with zero attached hydrogens (tertiary/aromatic N) is 3. The quantitative estimate of drug-likeness (QED) is 0.730. The topological polar surface area (TPSA) is 99.8 Å². The summed E-state index contributed by atoms with van der Waals surface area (Å²) >= 11 is 0. The number of benzene rings is 2. The second-order valence-corrected chi connectivity index (χ2v) is 5.88. The van der Waals surface area contributed by atoms with E-state index in [4.69, 9.17) is 5.26 Å². The maximum absolute atomic E-state index is 12.3. The van der Waals surface area contributed by atoms with E-state index in [1.165, 1.54) is 0 Å². The molecule has 0 radical (unpaired) electrons. The van der Waals surface area contributed by atoms with Crippen LogP contribution in [0.4, 0.5) is 11.4 Å². The van der Waals surface area contributed by atoms with Crippen LogP contribution in [0.15, 0.2) is 67.0 Å². The summed E-state index contributed by atoms with van der Waals surface area (Å²) in [6, 6.07) is 16.5. The van der Waals surface area contributed by atoms with Crippen LogP contribution >= 0.6 is 0 Å². The number of carbonyl (C=O) groups excluding carboxylic acids is 2. The number of hydrogen-bond donors (Lipinski definition) is 2. The van der Waals surface area contributed by atoms with Gasteiger partial charge in [0.25, 0.3) is 5.91 Å². The number of rotatable bonds is 5. The number of amides is 2. The Bertz CT molecular complexity index is 988. The molecule has 3 aromatic rings. The van der Waals surface area contributed by atoms with E-state index in [2.05, 4.69) is 15.7 Å². The van der Waals surface area contributed by atoms with Crippen molar-refractivity contribution in [3.63, 3.8) is 0 Å². The Morgan fingerprint density at radius 2 is 1.78 bits per heavy atom. The van der Waals surface area contributed by atoms with E-state index in [1.807, 2.05) is 6.07 Å². The summed E-state index contributed by atoms with van der Waals surface area (Å²) in [7, 11) is 0. The third-order valence-electron chi connectivity index (χ3n) is 3.97. The summed E-state index contributed by atoms with van der Waals surface area (Å²) < 4.78 is 1.56. The van der Waals surface area contributed by atoms with Gasteiger partial charge in [-0.1, -0.05) is 6.07 Å². The van der Waals surface area contributed by atoms with Gasteiger partial charge in [-0.15, -0.1) is 0 Å². The molecule has 1 unspecified atom stereocenters. The predicted octanol–water partition coefficient (Wildman–Crippen LogP) is 3.21. The SMILES string of the molecule is CC(C(=O)Nc1cccc(NC(=O)c2ccc(C#N)cc2)c1)n1cccn1. The van der Waals surface area contributed by atoms with E-state index in [9.17, 15) is 9.59 Å². The van der Waals surface area contributed by atoms with Gasteiger partial charge in [-0.25, -0.2) is 0 Å². The van der Waals surface area contributed by atoms with Crippen molar-refractivity contribution >= 4 is 23.2 Å². The highest BCUT2D eigenvalue weighted by Gasteiger charge is 2.15. The molecule has 0 saturated heterocycles. The molecule has 134 valence electrons. The van der Waals surface area contributed by atoms with Gasteiger partial charge in [0, 0.05) is 29.3 Å². The Kier molecular flexibility index (Phi) is 5.28. The molecule has 0 fully saturated rings. The first-order valence-corrected chi connectivity index (χ1v) is 8.28. The van der Waals surface area contributed by atoms with Crippen LogP contribution in [-0.2, 0) is 4.79 Å². The fraction of sp³-hybridized carbons (Fsp3) is 0.100. The Hall–Kier alpha value is -3.92. The van der Waals surface area contributed by atoms with Crippen molar-refractivity contribution in [2.24, 2.45) is 0 Å². The fourth-order valence-electron chi connectivity index (χ4n) is 2.45. The molecule has 2 amide bonds. The molecule has 0 aliphatic rings. The van der Waals surface area contributed by atoms with E-state index >= 15 is 0 Å². The smallest absolute Gasteiger partial charge is 0.255 e. The van der Waals surface area contributed by atoms with E-state index in [0.29, 0.717) is 22.5 Å². The molecule has 27 heavy (non-hydrogen) atoms. The number of carbonyl (C=O) groups is 2. The molecule has 2 aromatic carbocycles. The lowest BCUT2D eigenvalue weighted by atomic mass is 10.1. The van der Waals surface area contributed by atoms with Crippen LogP contribution in [0.2, 0.25) is 0 Å². The molecule has 7 heteroatoms. The molecule has 0 saturated carbocycles. The molecular weight excluding hydrogens is 342 g/mol. The minimum absolute atomic E-state index is 0.214. The summed E-state index contributed by atoms with van der Waals surface area (Å²) in [6.07, 6.45) is 3.33. The van der Waals surface area contributed by atoms with Crippen LogP contribution in [0.5, 0.6) is 0 Å². The van der Waals surface area contributed by atoms with Gasteiger partial charge in [0.15, 0.2) is 0 Å². The van der Waals surface area contributed by atoms with Crippen molar-refractivity contribution < 1.29 is 9.59 Å². The number of nitrogens with one attached hydrogen (secondary N) is 2. The average Bonchev–Trinajstić information content (AvgIpc) is 3.22. The summed E-state index contributed by atoms with van der Waals surface area (Å²) in [5, 5.41) is 18.5. The highest BCUT2D eigenvalue weighted by molar-refractivity contribution is 6.04. The first-order chi connectivity index (χ1) is 13.1. The average molecular weight is 359 g/mol. The standard InChI is InChI=1S/C20H17N5O2/c1-14(25-11-3-10-22-25)19(26)23-17-4-2-5-18(12-17)24-20(27)16-8-6-15(13-21)7-9-16/h2-12,14H,1H3,(H,23,26)(H,24,27). The van der Waals surface area contributed by atoms with Gasteiger partial charge in [-0.2, -0.15) is 10.4 Å². The first kappa shape index (κ1) is 17.9. The lowest BCUT2D eigenvalue weighted by Gasteiger charge is -2.13. The van der Waals surface area contributed by atoms with Gasteiger partial charge in [-0.05, 0) is 55.5 Å². The number of hydrogen-bond acceptors (Lipinski definition) is 4. The Morgan fingerprint density at radius 3 is 2.41 bits per heavy atom. The summed E-state index contributed by atoms with van der Waals surface area (Å²) in [4.78, 5) is 24.7. The second-order valence-electron chi connectivity index (χ2n) is 5.88. The van der Waals surface area contributed by atoms with Crippen LogP contribution in [0.3, 0.4) is 0 Å². The number of anilines is 2. The van der Waals surface area contributed by atoms with E-state index < -0.39 is 6.04 Å². The monoisotopic (exact) mass is 359 g/mol. The lowest BCUT2D eigenvalue weighted by Crippen LogP contribution is -2.24. The zero-order valence-corrected chi connectivity index (χ0v) is 14.6. The van der Waals surface area contributed by atoms with Gasteiger partial charge in [0.1, 0.15) is 6.04 Å². The number of aromatic nitrogens is 2. The molecule has 0 bridgehead atoms. The van der Waals surface area contributed by atoms with Gasteiger partial charge >= 0.3 is 0 Å². The first-order valence-electron chi connectivity index (χ1n) is 8.28. The minimum Gasteiger partial charge on any atom is -0.324 e. The normalized spacial score (nSPS) is 11.3. The zero-order valence-electron chi connectivity index (χ0n) is 14.6. The molecule has 7 nitrogen and oxygen atoms in total. The molecule has 1 heterocycles. The van der Waals surface area contributed by atoms with Crippen molar-refractivity contribution in [1.82, 2.24) is 9.78 Å². The van der Waals surface area contributed by atoms with Gasteiger partial charge < -0.3 is 10.6 Å². The predicted molar refractivity (Wildman–Crippen MR) is 101 cm³/mol. The maximum Gasteiger partial charge on any atom is 0.255 e. The van der Waals surface area contributed by atoms with Gasteiger partial charge in [0.2, 0.25) is 5.91 Å². The molecule has 0 spiro atoms. The fourth-order valence-corrected chi connectivity index (χ4v) is 2.45. The Morgan fingerprint density at radius 1 is 1.07 bits per heavy atom. The second kappa shape index (κ2) is 7.97. The Balaban J connectivity index is 1.67. The summed E-state index contributed by atoms with van der Waals surface area (Å²) in [5.41, 5.74) is 2.05. The van der Waals surface area contributed by atoms with Crippen molar-refractivity contribution in [2.45, 2.75) is 13.0 Å². The maximum atomic E-state index is 12.3. The molecule has 2 N–H and O–H groups in total. The van der Waals surface area contributed by atoms with Crippen molar-refractivity contribution in [3.05, 3.63) is 78.1 Å². The van der Waals surface area contributed by atoms with Crippen LogP contribution in [-0.4, -0.2) is 21.6 Å². The summed E-state index contributed by atoms with van der Waals surface area (Å²) in [6.45, 7) is 1.75. The molecule has 1 atom stereocenters. The molecule has 1 aromatic heterocycles. The van der Waals surface area contributed by atoms with Crippen LogP contribution < -0.4 is 10.6 Å². The van der Waals surface area contributed by atoms with Crippen molar-refractivity contribution in [3.8, 4) is 6.07 Å². The summed E-state index contributed by atoms with van der Waals surface area (Å²) in [5.74, 6) is -0.512. The zero-order chi connectivity index (χ0) is 19.2. The molecule has 0 aliphatic heterocycles. The third-order valence-corrected chi connectivity index (χ3v) is 3.97. The molecule has 0 aliphatic carbocycles. The highest BCUT2D eigenvalue weighted by Crippen LogP contribution is 2.18. The molecular formula is C20H17N5O2. The van der Waals surface area contributed by atoms with Crippen molar-refractivity contribution in [2.75, 3.05) is 10.6 Å². The lowest BCUT2D eigenvalue weighted by molar-refractivity contribution is -0.119. The van der Waals surface area contributed by atoms with Crippen LogP contribution in [0, 0.1) is 11.3 Å². The van der Waals surface area contributed by atoms with Crippen LogP contribution in [0.25, 0.3) is 0 Å². The molecule has 3 rings (SSSR count). The van der Waals surface area contributed by atoms with E-state index in [-0.39, 0.29) is 11.8 Å². The third kappa shape index (κ3) is 4.38. The largest absolute Gasteiger partial charge is 0.324 e. The minimum atomic E-state index is -0.461. The van der Waals surface area contributed by atoms with E-state index in [0.717, 1.165) is 0 Å². The van der Waals surface area contributed by atoms with Gasteiger partial charge in [0.05, 0.1) is 11.6 Å². The van der Waals surface area contributed by atoms with Crippen molar-refractivity contribution in [1.29, 1.82) is 5.26 Å². The van der Waals surface area contributed by atoms with Gasteiger partial charge in [-0.3, -0.25) is 14.3 Å². The van der Waals surface area contributed by atoms with E-state index in [1.54, 1.807) is 78.6 Å². The Labute approximate surface area is 156 Å².